The molecule has 0 unspecified atom stereocenters. The molecule has 0 radical (unpaired) electrons. The lowest BCUT2D eigenvalue weighted by atomic mass is 10.2. The summed E-state index contributed by atoms with van der Waals surface area (Å²) in [5.41, 5.74) is 3.73. The van der Waals surface area contributed by atoms with Crippen LogP contribution in [0, 0.1) is 6.92 Å². The minimum absolute atomic E-state index is 0.920. The molecule has 13 heavy (non-hydrogen) atoms. The van der Waals surface area contributed by atoms with Crippen molar-refractivity contribution in [3.05, 3.63) is 42.0 Å². The van der Waals surface area contributed by atoms with Gasteiger partial charge in [0.25, 0.3) is 0 Å². The Morgan fingerprint density at radius 2 is 1.85 bits per heavy atom. The summed E-state index contributed by atoms with van der Waals surface area (Å²) in [6, 6.07) is 8.53. The van der Waals surface area contributed by atoms with Crippen LogP contribution in [0.25, 0.3) is 0 Å². The standard InChI is InChI=1S/C12H17N/c1-10(2)9-13(4)12-7-5-11(3)6-8-12/h5-8H,1,9H2,2-4H3. The van der Waals surface area contributed by atoms with Crippen molar-refractivity contribution in [1.82, 2.24) is 0 Å². The van der Waals surface area contributed by atoms with E-state index in [-0.39, 0.29) is 0 Å². The summed E-state index contributed by atoms with van der Waals surface area (Å²) in [5, 5.41) is 0. The molecule has 0 aliphatic heterocycles. The molecule has 1 rings (SSSR count). The first-order valence-corrected chi connectivity index (χ1v) is 4.52. The van der Waals surface area contributed by atoms with Gasteiger partial charge in [0.1, 0.15) is 0 Å². The van der Waals surface area contributed by atoms with Gasteiger partial charge in [-0.1, -0.05) is 29.8 Å². The van der Waals surface area contributed by atoms with Gasteiger partial charge in [-0.2, -0.15) is 0 Å². The number of nitrogens with zero attached hydrogens (tertiary/aromatic N) is 1. The molecule has 0 saturated carbocycles. The SMILES string of the molecule is C=C(C)CN(C)c1ccc(C)cc1. The first-order chi connectivity index (χ1) is 6.09. The average Bonchev–Trinajstić information content (AvgIpc) is 2.04. The number of likely N-dealkylation sites (N-methyl/N-ethyl adjacent to an activating group) is 1. The van der Waals surface area contributed by atoms with Gasteiger partial charge in [-0.15, -0.1) is 0 Å². The zero-order valence-electron chi connectivity index (χ0n) is 8.67. The van der Waals surface area contributed by atoms with Gasteiger partial charge in [0, 0.05) is 19.3 Å². The van der Waals surface area contributed by atoms with E-state index in [9.17, 15) is 0 Å². The summed E-state index contributed by atoms with van der Waals surface area (Å²) in [7, 11) is 2.08. The van der Waals surface area contributed by atoms with E-state index in [2.05, 4.69) is 49.7 Å². The van der Waals surface area contributed by atoms with Gasteiger partial charge in [-0.25, -0.2) is 0 Å². The Labute approximate surface area is 80.7 Å². The van der Waals surface area contributed by atoms with Crippen molar-refractivity contribution in [2.75, 3.05) is 18.5 Å². The lowest BCUT2D eigenvalue weighted by Gasteiger charge is -2.19. The monoisotopic (exact) mass is 175 g/mol. The van der Waals surface area contributed by atoms with Crippen molar-refractivity contribution in [3.8, 4) is 0 Å². The Balaban J connectivity index is 2.71. The molecular formula is C12H17N. The van der Waals surface area contributed by atoms with E-state index in [0.29, 0.717) is 0 Å². The van der Waals surface area contributed by atoms with Crippen molar-refractivity contribution >= 4 is 5.69 Å². The molecule has 0 fully saturated rings. The molecule has 0 amide bonds. The highest BCUT2D eigenvalue weighted by molar-refractivity contribution is 5.47. The highest BCUT2D eigenvalue weighted by atomic mass is 15.1. The van der Waals surface area contributed by atoms with Crippen LogP contribution < -0.4 is 4.90 Å². The van der Waals surface area contributed by atoms with E-state index in [1.807, 2.05) is 6.92 Å². The van der Waals surface area contributed by atoms with Crippen LogP contribution >= 0.6 is 0 Å². The van der Waals surface area contributed by atoms with Crippen molar-refractivity contribution in [1.29, 1.82) is 0 Å². The van der Waals surface area contributed by atoms with Crippen molar-refractivity contribution in [3.63, 3.8) is 0 Å². The molecule has 0 saturated heterocycles. The predicted octanol–water partition coefficient (Wildman–Crippen LogP) is 3.01. The Hall–Kier alpha value is -1.24. The molecule has 0 aliphatic rings. The minimum atomic E-state index is 0.920. The predicted molar refractivity (Wildman–Crippen MR) is 59.3 cm³/mol. The van der Waals surface area contributed by atoms with Crippen LogP contribution in [0.4, 0.5) is 5.69 Å². The van der Waals surface area contributed by atoms with Gasteiger partial charge in [0.2, 0.25) is 0 Å². The first kappa shape index (κ1) is 9.85. The van der Waals surface area contributed by atoms with Crippen molar-refractivity contribution in [2.24, 2.45) is 0 Å². The Bertz CT molecular complexity index is 284. The number of aryl methyl sites for hydroxylation is 1. The highest BCUT2D eigenvalue weighted by Crippen LogP contribution is 2.13. The Morgan fingerprint density at radius 1 is 1.31 bits per heavy atom. The van der Waals surface area contributed by atoms with Crippen molar-refractivity contribution in [2.45, 2.75) is 13.8 Å². The minimum Gasteiger partial charge on any atom is -0.371 e. The molecule has 0 bridgehead atoms. The van der Waals surface area contributed by atoms with Gasteiger partial charge in [0.05, 0.1) is 0 Å². The zero-order valence-corrected chi connectivity index (χ0v) is 8.67. The van der Waals surface area contributed by atoms with Crippen LogP contribution in [0.3, 0.4) is 0 Å². The van der Waals surface area contributed by atoms with Gasteiger partial charge in [-0.3, -0.25) is 0 Å². The van der Waals surface area contributed by atoms with Crippen LogP contribution in [0.1, 0.15) is 12.5 Å². The zero-order chi connectivity index (χ0) is 9.84. The summed E-state index contributed by atoms with van der Waals surface area (Å²) in [4.78, 5) is 2.20. The molecule has 1 aromatic carbocycles. The lowest BCUT2D eigenvalue weighted by Crippen LogP contribution is -2.18. The normalized spacial score (nSPS) is 9.77. The second kappa shape index (κ2) is 4.13. The fourth-order valence-electron chi connectivity index (χ4n) is 1.30. The second-order valence-electron chi connectivity index (χ2n) is 3.65. The van der Waals surface area contributed by atoms with Crippen LogP contribution in [0.2, 0.25) is 0 Å². The molecule has 1 heteroatoms. The molecule has 0 spiro atoms. The molecule has 0 atom stereocenters. The molecule has 1 nitrogen and oxygen atoms in total. The molecule has 0 aromatic heterocycles. The van der Waals surface area contributed by atoms with E-state index in [1.54, 1.807) is 0 Å². The van der Waals surface area contributed by atoms with E-state index >= 15 is 0 Å². The third-order valence-corrected chi connectivity index (χ3v) is 1.98. The van der Waals surface area contributed by atoms with E-state index in [0.717, 1.165) is 6.54 Å². The molecule has 1 aromatic rings. The van der Waals surface area contributed by atoms with E-state index in [1.165, 1.54) is 16.8 Å². The average molecular weight is 175 g/mol. The van der Waals surface area contributed by atoms with E-state index < -0.39 is 0 Å². The molecule has 70 valence electrons. The summed E-state index contributed by atoms with van der Waals surface area (Å²) in [6.45, 7) is 8.96. The second-order valence-corrected chi connectivity index (χ2v) is 3.65. The van der Waals surface area contributed by atoms with Gasteiger partial charge < -0.3 is 4.90 Å². The van der Waals surface area contributed by atoms with Crippen LogP contribution in [-0.2, 0) is 0 Å². The fraction of sp³-hybridized carbons (Fsp3) is 0.333. The number of benzene rings is 1. The Morgan fingerprint density at radius 3 is 2.31 bits per heavy atom. The molecule has 0 heterocycles. The van der Waals surface area contributed by atoms with Crippen LogP contribution in [0.5, 0.6) is 0 Å². The fourth-order valence-corrected chi connectivity index (χ4v) is 1.30. The molecule has 0 N–H and O–H groups in total. The van der Waals surface area contributed by atoms with Gasteiger partial charge >= 0.3 is 0 Å². The van der Waals surface area contributed by atoms with Crippen LogP contribution in [0.15, 0.2) is 36.4 Å². The van der Waals surface area contributed by atoms with Crippen LogP contribution in [-0.4, -0.2) is 13.6 Å². The molecular weight excluding hydrogens is 158 g/mol. The lowest BCUT2D eigenvalue weighted by molar-refractivity contribution is 0.985. The Kier molecular flexibility index (Phi) is 3.13. The number of rotatable bonds is 3. The smallest absolute Gasteiger partial charge is 0.0380 e. The third-order valence-electron chi connectivity index (χ3n) is 1.98. The summed E-state index contributed by atoms with van der Waals surface area (Å²) in [6.07, 6.45) is 0. The maximum atomic E-state index is 3.90. The quantitative estimate of drug-likeness (QED) is 0.638. The summed E-state index contributed by atoms with van der Waals surface area (Å²) >= 11 is 0. The van der Waals surface area contributed by atoms with E-state index in [4.69, 9.17) is 0 Å². The highest BCUT2D eigenvalue weighted by Gasteiger charge is 1.98. The summed E-state index contributed by atoms with van der Waals surface area (Å²) < 4.78 is 0. The summed E-state index contributed by atoms with van der Waals surface area (Å²) in [5.74, 6) is 0. The third kappa shape index (κ3) is 2.94. The number of hydrogen-bond acceptors (Lipinski definition) is 1. The number of hydrogen-bond donors (Lipinski definition) is 0. The largest absolute Gasteiger partial charge is 0.371 e. The maximum Gasteiger partial charge on any atom is 0.0380 e. The molecule has 0 aliphatic carbocycles. The number of anilines is 1. The van der Waals surface area contributed by atoms with Crippen molar-refractivity contribution < 1.29 is 0 Å². The van der Waals surface area contributed by atoms with Gasteiger partial charge in [0.15, 0.2) is 0 Å². The van der Waals surface area contributed by atoms with Gasteiger partial charge in [-0.05, 0) is 26.0 Å². The first-order valence-electron chi connectivity index (χ1n) is 4.52. The topological polar surface area (TPSA) is 3.24 Å². The maximum absolute atomic E-state index is 3.90.